The van der Waals surface area contributed by atoms with Gasteiger partial charge in [0.2, 0.25) is 5.88 Å². The number of benzene rings is 1. The van der Waals surface area contributed by atoms with Crippen LogP contribution in [0.4, 0.5) is 13.2 Å². The third-order valence-corrected chi connectivity index (χ3v) is 5.76. The van der Waals surface area contributed by atoms with E-state index in [1.54, 1.807) is 29.6 Å². The van der Waals surface area contributed by atoms with E-state index >= 15 is 0 Å². The molecule has 0 aliphatic heterocycles. The van der Waals surface area contributed by atoms with Gasteiger partial charge in [0.05, 0.1) is 17.0 Å². The monoisotopic (exact) mass is 446 g/mol. The van der Waals surface area contributed by atoms with Gasteiger partial charge in [0.25, 0.3) is 5.91 Å². The van der Waals surface area contributed by atoms with Crippen molar-refractivity contribution in [1.29, 1.82) is 0 Å². The number of fused-ring (bicyclic) bond motifs is 1. The van der Waals surface area contributed by atoms with Gasteiger partial charge in [0, 0.05) is 18.8 Å². The smallest absolute Gasteiger partial charge is 0.416 e. The van der Waals surface area contributed by atoms with E-state index in [9.17, 15) is 18.0 Å². The number of hydrogen-bond donors (Lipinski definition) is 0. The topological polar surface area (TPSA) is 60.2 Å². The molecule has 9 heteroatoms. The summed E-state index contributed by atoms with van der Waals surface area (Å²) in [6.45, 7) is 5.32. The summed E-state index contributed by atoms with van der Waals surface area (Å²) in [5.74, 6) is 0.0391. The average Bonchev–Trinajstić information content (AvgIpc) is 3.50. The maximum atomic E-state index is 13.1. The minimum absolute atomic E-state index is 0.00201. The fourth-order valence-corrected chi connectivity index (χ4v) is 4.08. The molecule has 1 saturated carbocycles. The number of amides is 1. The van der Waals surface area contributed by atoms with Gasteiger partial charge >= 0.3 is 6.18 Å². The SMILES string of the molecule is Cc1cc(C)c2c(OCC(=O)N(C3CC3)C(C)c3cccc(C(F)(F)F)c3)nn(C)c2n1. The average molecular weight is 446 g/mol. The van der Waals surface area contributed by atoms with Crippen molar-refractivity contribution < 1.29 is 22.7 Å². The van der Waals surface area contributed by atoms with E-state index in [4.69, 9.17) is 4.74 Å². The van der Waals surface area contributed by atoms with Crippen molar-refractivity contribution in [1.82, 2.24) is 19.7 Å². The molecule has 0 radical (unpaired) electrons. The van der Waals surface area contributed by atoms with Crippen molar-refractivity contribution in [3.05, 3.63) is 52.7 Å². The van der Waals surface area contributed by atoms with Crippen LogP contribution in [0.25, 0.3) is 11.0 Å². The Kier molecular flexibility index (Phi) is 5.60. The number of rotatable bonds is 6. The standard InChI is InChI=1S/C23H25F3N4O2/c1-13-10-14(2)27-21-20(13)22(28-29(21)4)32-12-19(31)30(18-8-9-18)15(3)16-6-5-7-17(11-16)23(24,25)26/h5-7,10-11,15,18H,8-9,12H2,1-4H3. The van der Waals surface area contributed by atoms with Gasteiger partial charge < -0.3 is 9.64 Å². The quantitative estimate of drug-likeness (QED) is 0.549. The van der Waals surface area contributed by atoms with E-state index in [-0.39, 0.29) is 18.6 Å². The number of aromatic nitrogens is 3. The number of aryl methyl sites for hydroxylation is 3. The minimum Gasteiger partial charge on any atom is -0.466 e. The molecule has 3 aromatic rings. The Morgan fingerprint density at radius 3 is 2.66 bits per heavy atom. The van der Waals surface area contributed by atoms with E-state index in [1.165, 1.54) is 6.07 Å². The Morgan fingerprint density at radius 1 is 1.28 bits per heavy atom. The number of carbonyl (C=O) groups is 1. The maximum Gasteiger partial charge on any atom is 0.416 e. The molecule has 4 rings (SSSR count). The number of carbonyl (C=O) groups excluding carboxylic acids is 1. The molecule has 32 heavy (non-hydrogen) atoms. The number of nitrogens with zero attached hydrogens (tertiary/aromatic N) is 4. The highest BCUT2D eigenvalue weighted by Gasteiger charge is 2.37. The van der Waals surface area contributed by atoms with Crippen molar-refractivity contribution in [2.24, 2.45) is 7.05 Å². The number of pyridine rings is 1. The molecule has 2 aromatic heterocycles. The van der Waals surface area contributed by atoms with Crippen LogP contribution in [-0.2, 0) is 18.0 Å². The molecule has 2 heterocycles. The summed E-state index contributed by atoms with van der Waals surface area (Å²) in [7, 11) is 1.76. The highest BCUT2D eigenvalue weighted by molar-refractivity contribution is 5.86. The highest BCUT2D eigenvalue weighted by atomic mass is 19.4. The molecule has 1 aromatic carbocycles. The van der Waals surface area contributed by atoms with E-state index < -0.39 is 17.8 Å². The first-order chi connectivity index (χ1) is 15.1. The normalized spacial score (nSPS) is 15.1. The summed E-state index contributed by atoms with van der Waals surface area (Å²) in [4.78, 5) is 19.2. The number of hydrogen-bond acceptors (Lipinski definition) is 4. The molecule has 0 bridgehead atoms. The first-order valence-corrected chi connectivity index (χ1v) is 10.5. The van der Waals surface area contributed by atoms with Gasteiger partial charge in [-0.15, -0.1) is 5.10 Å². The Morgan fingerprint density at radius 2 is 2.00 bits per heavy atom. The Bertz CT molecular complexity index is 1170. The molecule has 6 nitrogen and oxygen atoms in total. The van der Waals surface area contributed by atoms with Gasteiger partial charge in [-0.1, -0.05) is 12.1 Å². The summed E-state index contributed by atoms with van der Waals surface area (Å²) >= 11 is 0. The zero-order chi connectivity index (χ0) is 23.2. The molecule has 170 valence electrons. The van der Waals surface area contributed by atoms with Crippen LogP contribution in [0.3, 0.4) is 0 Å². The first kappa shape index (κ1) is 22.1. The molecule has 0 spiro atoms. The molecule has 1 aliphatic rings. The molecule has 0 saturated heterocycles. The Labute approximate surface area is 184 Å². The molecule has 1 amide bonds. The lowest BCUT2D eigenvalue weighted by Crippen LogP contribution is -2.38. The van der Waals surface area contributed by atoms with Crippen LogP contribution in [0.15, 0.2) is 30.3 Å². The van der Waals surface area contributed by atoms with Crippen molar-refractivity contribution in [2.75, 3.05) is 6.61 Å². The molecule has 1 unspecified atom stereocenters. The maximum absolute atomic E-state index is 13.1. The Balaban J connectivity index is 1.55. The molecule has 1 fully saturated rings. The summed E-state index contributed by atoms with van der Waals surface area (Å²) in [6.07, 6.45) is -2.79. The lowest BCUT2D eigenvalue weighted by Gasteiger charge is -2.30. The largest absolute Gasteiger partial charge is 0.466 e. The van der Waals surface area contributed by atoms with Crippen LogP contribution >= 0.6 is 0 Å². The number of halogens is 3. The van der Waals surface area contributed by atoms with E-state index in [2.05, 4.69) is 10.1 Å². The zero-order valence-electron chi connectivity index (χ0n) is 18.4. The van der Waals surface area contributed by atoms with Gasteiger partial charge in [-0.2, -0.15) is 13.2 Å². The van der Waals surface area contributed by atoms with Gasteiger partial charge in [0.15, 0.2) is 12.3 Å². The van der Waals surface area contributed by atoms with Crippen LogP contribution in [0.5, 0.6) is 5.88 Å². The number of alkyl halides is 3. The molecular weight excluding hydrogens is 421 g/mol. The minimum atomic E-state index is -4.43. The fourth-order valence-electron chi connectivity index (χ4n) is 4.08. The van der Waals surface area contributed by atoms with E-state index in [1.807, 2.05) is 19.9 Å². The molecule has 1 aliphatic carbocycles. The molecular formula is C23H25F3N4O2. The van der Waals surface area contributed by atoms with Crippen molar-refractivity contribution >= 4 is 16.9 Å². The van der Waals surface area contributed by atoms with E-state index in [0.717, 1.165) is 41.6 Å². The lowest BCUT2D eigenvalue weighted by atomic mass is 10.0. The summed E-state index contributed by atoms with van der Waals surface area (Å²) in [5.41, 5.74) is 2.19. The van der Waals surface area contributed by atoms with Crippen LogP contribution in [0.1, 0.15) is 48.2 Å². The van der Waals surface area contributed by atoms with Crippen molar-refractivity contribution in [3.63, 3.8) is 0 Å². The second-order valence-electron chi connectivity index (χ2n) is 8.33. The predicted octanol–water partition coefficient (Wildman–Crippen LogP) is 4.73. The predicted molar refractivity (Wildman–Crippen MR) is 113 cm³/mol. The molecule has 0 N–H and O–H groups in total. The van der Waals surface area contributed by atoms with Crippen LogP contribution < -0.4 is 4.74 Å². The zero-order valence-corrected chi connectivity index (χ0v) is 18.4. The summed E-state index contributed by atoms with van der Waals surface area (Å²) < 4.78 is 46.8. The third-order valence-electron chi connectivity index (χ3n) is 5.76. The second-order valence-corrected chi connectivity index (χ2v) is 8.33. The van der Waals surface area contributed by atoms with Crippen molar-refractivity contribution in [3.8, 4) is 5.88 Å². The summed E-state index contributed by atoms with van der Waals surface area (Å²) in [6, 6.07) is 6.55. The summed E-state index contributed by atoms with van der Waals surface area (Å²) in [5, 5.41) is 5.11. The van der Waals surface area contributed by atoms with Crippen LogP contribution in [-0.4, -0.2) is 38.2 Å². The van der Waals surface area contributed by atoms with Gasteiger partial charge in [-0.25, -0.2) is 9.67 Å². The first-order valence-electron chi connectivity index (χ1n) is 10.5. The fraction of sp³-hybridized carbons (Fsp3) is 0.435. The van der Waals surface area contributed by atoms with Crippen LogP contribution in [0, 0.1) is 13.8 Å². The van der Waals surface area contributed by atoms with E-state index in [0.29, 0.717) is 17.1 Å². The van der Waals surface area contributed by atoms with Crippen LogP contribution in [0.2, 0.25) is 0 Å². The Hall–Kier alpha value is -3.10. The second kappa shape index (κ2) is 8.11. The van der Waals surface area contributed by atoms with Gasteiger partial charge in [0.1, 0.15) is 0 Å². The molecule has 1 atom stereocenters. The lowest BCUT2D eigenvalue weighted by molar-refractivity contribution is -0.137. The van der Waals surface area contributed by atoms with Gasteiger partial charge in [-0.05, 0) is 62.9 Å². The number of ether oxygens (including phenoxy) is 1. The van der Waals surface area contributed by atoms with Crippen molar-refractivity contribution in [2.45, 2.75) is 51.9 Å². The van der Waals surface area contributed by atoms with Gasteiger partial charge in [-0.3, -0.25) is 4.79 Å². The highest BCUT2D eigenvalue weighted by Crippen LogP contribution is 2.37. The third kappa shape index (κ3) is 4.28.